The second-order valence-electron chi connectivity index (χ2n) is 5.33. The molecule has 1 N–H and O–H groups in total. The monoisotopic (exact) mass is 295 g/mol. The molecular weight excluding hydrogens is 274 g/mol. The molecule has 0 radical (unpaired) electrons. The van der Waals surface area contributed by atoms with E-state index in [-0.39, 0.29) is 5.91 Å². The minimum atomic E-state index is 0.00842. The Hall–Kier alpha value is -1.13. The third-order valence-electron chi connectivity index (χ3n) is 3.60. The van der Waals surface area contributed by atoms with Crippen LogP contribution in [0.2, 0.25) is 5.02 Å². The summed E-state index contributed by atoms with van der Waals surface area (Å²) in [6.45, 7) is 5.77. The van der Waals surface area contributed by atoms with Crippen LogP contribution in [0.1, 0.15) is 36.7 Å². The van der Waals surface area contributed by atoms with Crippen molar-refractivity contribution >= 4 is 17.5 Å². The van der Waals surface area contributed by atoms with Crippen molar-refractivity contribution in [1.82, 2.24) is 15.2 Å². The normalized spacial score (nSPS) is 18.8. The molecule has 1 saturated heterocycles. The van der Waals surface area contributed by atoms with Crippen LogP contribution in [-0.2, 0) is 0 Å². The fourth-order valence-electron chi connectivity index (χ4n) is 2.60. The molecule has 110 valence electrons. The first kappa shape index (κ1) is 15.3. The summed E-state index contributed by atoms with van der Waals surface area (Å²) in [5.41, 5.74) is 0.478. The number of hydrogen-bond donors (Lipinski definition) is 1. The molecule has 0 aromatic carbocycles. The molecule has 1 unspecified atom stereocenters. The van der Waals surface area contributed by atoms with Gasteiger partial charge < -0.3 is 10.2 Å². The van der Waals surface area contributed by atoms with Crippen molar-refractivity contribution in [2.45, 2.75) is 26.2 Å². The molecule has 1 fully saturated rings. The Morgan fingerprint density at radius 2 is 2.40 bits per heavy atom. The Kier molecular flexibility index (Phi) is 5.80. The van der Waals surface area contributed by atoms with E-state index in [2.05, 4.69) is 17.2 Å². The highest BCUT2D eigenvalue weighted by Gasteiger charge is 2.21. The van der Waals surface area contributed by atoms with Gasteiger partial charge in [0.15, 0.2) is 0 Å². The van der Waals surface area contributed by atoms with Crippen molar-refractivity contribution < 1.29 is 4.79 Å². The summed E-state index contributed by atoms with van der Waals surface area (Å²) in [6, 6.07) is 3.42. The van der Waals surface area contributed by atoms with Crippen molar-refractivity contribution in [2.75, 3.05) is 26.2 Å². The molecule has 1 aromatic heterocycles. The van der Waals surface area contributed by atoms with E-state index >= 15 is 0 Å². The van der Waals surface area contributed by atoms with E-state index < -0.39 is 0 Å². The number of halogens is 1. The summed E-state index contributed by atoms with van der Waals surface area (Å²) < 4.78 is 0. The van der Waals surface area contributed by atoms with Crippen LogP contribution in [0.15, 0.2) is 18.3 Å². The van der Waals surface area contributed by atoms with Crippen LogP contribution in [0.4, 0.5) is 0 Å². The van der Waals surface area contributed by atoms with E-state index in [1.54, 1.807) is 12.1 Å². The van der Waals surface area contributed by atoms with Gasteiger partial charge >= 0.3 is 0 Å². The van der Waals surface area contributed by atoms with Crippen molar-refractivity contribution in [3.63, 3.8) is 0 Å². The number of carbonyl (C=O) groups excluding carboxylic acids is 1. The third kappa shape index (κ3) is 4.18. The van der Waals surface area contributed by atoms with Gasteiger partial charge in [0, 0.05) is 19.3 Å². The number of nitrogens with one attached hydrogen (secondary N) is 1. The van der Waals surface area contributed by atoms with E-state index in [1.807, 2.05) is 4.90 Å². The number of piperidine rings is 1. The zero-order valence-corrected chi connectivity index (χ0v) is 12.7. The summed E-state index contributed by atoms with van der Waals surface area (Å²) in [4.78, 5) is 18.6. The second-order valence-corrected chi connectivity index (χ2v) is 5.76. The van der Waals surface area contributed by atoms with Gasteiger partial charge in [-0.05, 0) is 50.4 Å². The Bertz CT molecular complexity index is 429. The molecule has 0 spiro atoms. The zero-order valence-electron chi connectivity index (χ0n) is 11.9. The molecule has 2 rings (SSSR count). The molecule has 20 heavy (non-hydrogen) atoms. The smallest absolute Gasteiger partial charge is 0.272 e. The summed E-state index contributed by atoms with van der Waals surface area (Å²) in [6.07, 6.45) is 4.87. The van der Waals surface area contributed by atoms with Gasteiger partial charge in [0.25, 0.3) is 5.91 Å². The Morgan fingerprint density at radius 1 is 1.55 bits per heavy atom. The molecule has 2 heterocycles. The number of rotatable bonds is 5. The highest BCUT2D eigenvalue weighted by Crippen LogP contribution is 2.14. The quantitative estimate of drug-likeness (QED) is 0.908. The predicted octanol–water partition coefficient (Wildman–Crippen LogP) is 2.59. The van der Waals surface area contributed by atoms with Gasteiger partial charge in [-0.3, -0.25) is 4.79 Å². The maximum Gasteiger partial charge on any atom is 0.272 e. The van der Waals surface area contributed by atoms with E-state index in [0.717, 1.165) is 32.6 Å². The van der Waals surface area contributed by atoms with Crippen molar-refractivity contribution in [2.24, 2.45) is 5.92 Å². The molecular formula is C15H22ClN3O. The Balaban J connectivity index is 2.02. The molecule has 0 saturated carbocycles. The first-order valence-corrected chi connectivity index (χ1v) is 7.70. The lowest BCUT2D eigenvalue weighted by Gasteiger charge is -2.30. The lowest BCUT2D eigenvalue weighted by molar-refractivity contribution is 0.0713. The minimum absolute atomic E-state index is 0.00842. The van der Waals surface area contributed by atoms with Crippen LogP contribution in [0.25, 0.3) is 0 Å². The van der Waals surface area contributed by atoms with Crippen LogP contribution >= 0.6 is 11.6 Å². The van der Waals surface area contributed by atoms with E-state index in [1.165, 1.54) is 19.0 Å². The lowest BCUT2D eigenvalue weighted by atomic mass is 9.99. The van der Waals surface area contributed by atoms with Gasteiger partial charge in [0.2, 0.25) is 0 Å². The Labute approximate surface area is 125 Å². The average molecular weight is 296 g/mol. The van der Waals surface area contributed by atoms with Crippen molar-refractivity contribution in [3.8, 4) is 0 Å². The summed E-state index contributed by atoms with van der Waals surface area (Å²) >= 11 is 5.82. The van der Waals surface area contributed by atoms with Gasteiger partial charge in [-0.2, -0.15) is 0 Å². The number of pyridine rings is 1. The molecule has 1 atom stereocenters. The molecule has 1 amide bonds. The molecule has 5 heteroatoms. The maximum atomic E-state index is 12.5. The minimum Gasteiger partial charge on any atom is -0.337 e. The van der Waals surface area contributed by atoms with Crippen LogP contribution in [0, 0.1) is 5.92 Å². The number of carbonyl (C=O) groups is 1. The number of aromatic nitrogens is 1. The first-order valence-electron chi connectivity index (χ1n) is 7.32. The van der Waals surface area contributed by atoms with Crippen LogP contribution < -0.4 is 5.32 Å². The SMILES string of the molecule is CCCN(CC1CCCNC1)C(=O)c1ccc(Cl)cn1. The molecule has 1 aliphatic rings. The largest absolute Gasteiger partial charge is 0.337 e. The van der Waals surface area contributed by atoms with Crippen LogP contribution in [0.3, 0.4) is 0 Å². The van der Waals surface area contributed by atoms with Gasteiger partial charge in [-0.15, -0.1) is 0 Å². The highest BCUT2D eigenvalue weighted by atomic mass is 35.5. The third-order valence-corrected chi connectivity index (χ3v) is 3.83. The van der Waals surface area contributed by atoms with Crippen LogP contribution in [0.5, 0.6) is 0 Å². The predicted molar refractivity (Wildman–Crippen MR) is 81.0 cm³/mol. The topological polar surface area (TPSA) is 45.2 Å². The Morgan fingerprint density at radius 3 is 3.00 bits per heavy atom. The van der Waals surface area contributed by atoms with Gasteiger partial charge in [0.1, 0.15) is 5.69 Å². The van der Waals surface area contributed by atoms with E-state index in [0.29, 0.717) is 16.6 Å². The number of nitrogens with zero attached hydrogens (tertiary/aromatic N) is 2. The second kappa shape index (κ2) is 7.60. The van der Waals surface area contributed by atoms with Crippen molar-refractivity contribution in [1.29, 1.82) is 0 Å². The maximum absolute atomic E-state index is 12.5. The first-order chi connectivity index (χ1) is 9.70. The average Bonchev–Trinajstić information content (AvgIpc) is 2.48. The van der Waals surface area contributed by atoms with Crippen molar-refractivity contribution in [3.05, 3.63) is 29.0 Å². The summed E-state index contributed by atoms with van der Waals surface area (Å²) in [7, 11) is 0. The number of hydrogen-bond acceptors (Lipinski definition) is 3. The lowest BCUT2D eigenvalue weighted by Crippen LogP contribution is -2.41. The van der Waals surface area contributed by atoms with E-state index in [9.17, 15) is 4.79 Å². The van der Waals surface area contributed by atoms with E-state index in [4.69, 9.17) is 11.6 Å². The van der Waals surface area contributed by atoms with Crippen LogP contribution in [-0.4, -0.2) is 42.0 Å². The van der Waals surface area contributed by atoms with Gasteiger partial charge in [-0.25, -0.2) is 4.98 Å². The van der Waals surface area contributed by atoms with Gasteiger partial charge in [-0.1, -0.05) is 18.5 Å². The molecule has 1 aromatic rings. The molecule has 0 aliphatic carbocycles. The molecule has 0 bridgehead atoms. The fraction of sp³-hybridized carbons (Fsp3) is 0.600. The molecule has 4 nitrogen and oxygen atoms in total. The summed E-state index contributed by atoms with van der Waals surface area (Å²) in [5.74, 6) is 0.556. The zero-order chi connectivity index (χ0) is 14.4. The molecule has 1 aliphatic heterocycles. The number of amides is 1. The standard InChI is InChI=1S/C15H22ClN3O/c1-2-8-19(11-12-4-3-7-17-9-12)15(20)14-6-5-13(16)10-18-14/h5-6,10,12,17H,2-4,7-9,11H2,1H3. The van der Waals surface area contributed by atoms with Gasteiger partial charge in [0.05, 0.1) is 5.02 Å². The fourth-order valence-corrected chi connectivity index (χ4v) is 2.71. The summed E-state index contributed by atoms with van der Waals surface area (Å²) in [5, 5.41) is 3.95. The highest BCUT2D eigenvalue weighted by molar-refractivity contribution is 6.30.